The third kappa shape index (κ3) is 7.37. The molecule has 0 aliphatic heterocycles. The van der Waals surface area contributed by atoms with Crippen molar-refractivity contribution in [2.45, 2.75) is 42.8 Å². The van der Waals surface area contributed by atoms with Gasteiger partial charge in [0, 0.05) is 6.54 Å². The topological polar surface area (TPSA) is 119 Å². The molecule has 0 saturated heterocycles. The van der Waals surface area contributed by atoms with Crippen molar-refractivity contribution >= 4 is 56.6 Å². The van der Waals surface area contributed by atoms with Crippen LogP contribution in [0.1, 0.15) is 31.9 Å². The van der Waals surface area contributed by atoms with E-state index in [2.05, 4.69) is 46.3 Å². The molecule has 0 radical (unpaired) electrons. The Bertz CT molecular complexity index is 1590. The zero-order valence-corrected chi connectivity index (χ0v) is 24.5. The van der Waals surface area contributed by atoms with Crippen LogP contribution in [-0.2, 0) is 26.8 Å². The number of nitrogens with zero attached hydrogens (tertiary/aromatic N) is 4. The number of tetrazole rings is 1. The fourth-order valence-electron chi connectivity index (χ4n) is 3.50. The number of aromatic nitrogens is 4. The first-order valence-corrected chi connectivity index (χ1v) is 15.0. The first kappa shape index (κ1) is 29.0. The van der Waals surface area contributed by atoms with E-state index < -0.39 is 10.0 Å². The molecule has 1 heterocycles. The lowest BCUT2D eigenvalue weighted by molar-refractivity contribution is -0.113. The molecule has 0 atom stereocenters. The van der Waals surface area contributed by atoms with Gasteiger partial charge in [0.05, 0.1) is 32.1 Å². The molecule has 0 bridgehead atoms. The highest BCUT2D eigenvalue weighted by molar-refractivity contribution is 7.99. The lowest BCUT2D eigenvalue weighted by Gasteiger charge is -2.20. The Balaban J connectivity index is 1.38. The number of amides is 1. The summed E-state index contributed by atoms with van der Waals surface area (Å²) >= 11 is 13.9. The van der Waals surface area contributed by atoms with Gasteiger partial charge < -0.3 is 5.32 Å². The maximum Gasteiger partial charge on any atom is 0.240 e. The Hall–Kier alpha value is -2.96. The monoisotopic (exact) mass is 604 g/mol. The van der Waals surface area contributed by atoms with Gasteiger partial charge in [-0.2, -0.15) is 4.68 Å². The van der Waals surface area contributed by atoms with Gasteiger partial charge in [-0.05, 0) is 57.3 Å². The van der Waals surface area contributed by atoms with Gasteiger partial charge in [-0.25, -0.2) is 13.1 Å². The van der Waals surface area contributed by atoms with E-state index in [0.29, 0.717) is 15.9 Å². The number of sulfonamides is 1. The summed E-state index contributed by atoms with van der Waals surface area (Å²) in [7, 11) is -3.80. The van der Waals surface area contributed by atoms with Crippen molar-refractivity contribution in [3.8, 4) is 5.69 Å². The number of anilines is 1. The van der Waals surface area contributed by atoms with Crippen LogP contribution >= 0.6 is 35.0 Å². The highest BCUT2D eigenvalue weighted by Crippen LogP contribution is 2.31. The molecule has 13 heteroatoms. The summed E-state index contributed by atoms with van der Waals surface area (Å²) in [4.78, 5) is 12.6. The molecule has 4 rings (SSSR count). The van der Waals surface area contributed by atoms with Crippen molar-refractivity contribution in [2.24, 2.45) is 0 Å². The number of thioether (sulfide) groups is 1. The van der Waals surface area contributed by atoms with Crippen LogP contribution in [0.2, 0.25) is 10.0 Å². The summed E-state index contributed by atoms with van der Waals surface area (Å²) < 4.78 is 29.4. The smallest absolute Gasteiger partial charge is 0.240 e. The summed E-state index contributed by atoms with van der Waals surface area (Å²) in [6.07, 6.45) is 0. The lowest BCUT2D eigenvalue weighted by atomic mass is 9.87. The molecular weight excluding hydrogens is 579 g/mol. The minimum absolute atomic E-state index is 0.00987. The van der Waals surface area contributed by atoms with Gasteiger partial charge in [-0.15, -0.1) is 5.10 Å². The number of benzene rings is 3. The second-order valence-corrected chi connectivity index (χ2v) is 13.1. The average Bonchev–Trinajstić information content (AvgIpc) is 3.36. The summed E-state index contributed by atoms with van der Waals surface area (Å²) in [5.74, 6) is -0.393. The molecule has 0 saturated carbocycles. The second kappa shape index (κ2) is 12.1. The zero-order valence-electron chi connectivity index (χ0n) is 21.4. The van der Waals surface area contributed by atoms with E-state index in [1.807, 2.05) is 48.5 Å². The molecule has 9 nitrogen and oxygen atoms in total. The molecule has 1 amide bonds. The Kier molecular flexibility index (Phi) is 8.97. The summed E-state index contributed by atoms with van der Waals surface area (Å²) in [6, 6.07) is 19.0. The van der Waals surface area contributed by atoms with Crippen molar-refractivity contribution in [1.29, 1.82) is 0 Å². The van der Waals surface area contributed by atoms with Gasteiger partial charge in [-0.3, -0.25) is 4.79 Å². The maximum atomic E-state index is 12.7. The number of carbonyl (C=O) groups is 1. The van der Waals surface area contributed by atoms with Gasteiger partial charge in [0.1, 0.15) is 0 Å². The van der Waals surface area contributed by atoms with E-state index in [-0.39, 0.29) is 39.2 Å². The van der Waals surface area contributed by atoms with Gasteiger partial charge in [-0.1, -0.05) is 92.1 Å². The molecule has 204 valence electrons. The molecule has 0 aliphatic rings. The summed E-state index contributed by atoms with van der Waals surface area (Å²) in [6.45, 7) is 6.42. The zero-order chi connectivity index (χ0) is 28.2. The normalized spacial score (nSPS) is 11.9. The first-order valence-electron chi connectivity index (χ1n) is 11.8. The highest BCUT2D eigenvalue weighted by Gasteiger charge is 2.19. The standard InChI is InChI=1S/C26H26Cl2N6O3S2/c1-26(2,3)18-9-12-23(21(28)13-18)34-25(31-32-33-34)38-16-24(35)30-22-11-10-19(14-20(22)27)39(36,37)29-15-17-7-5-4-6-8-17/h4-14,29H,15-16H2,1-3H3,(H,30,35). The van der Waals surface area contributed by atoms with E-state index in [9.17, 15) is 13.2 Å². The van der Waals surface area contributed by atoms with Crippen molar-refractivity contribution in [2.75, 3.05) is 11.1 Å². The Morgan fingerprint density at radius 3 is 2.41 bits per heavy atom. The maximum absolute atomic E-state index is 12.7. The van der Waals surface area contributed by atoms with Crippen LogP contribution < -0.4 is 10.0 Å². The van der Waals surface area contributed by atoms with Crippen LogP contribution in [0.25, 0.3) is 5.69 Å². The minimum atomic E-state index is -3.80. The van der Waals surface area contributed by atoms with Crippen molar-refractivity contribution in [3.05, 3.63) is 87.9 Å². The average molecular weight is 606 g/mol. The number of hydrogen-bond acceptors (Lipinski definition) is 7. The quantitative estimate of drug-likeness (QED) is 0.243. The van der Waals surface area contributed by atoms with Crippen LogP contribution in [0.3, 0.4) is 0 Å². The predicted octanol–water partition coefficient (Wildman–Crippen LogP) is 5.48. The fourth-order valence-corrected chi connectivity index (χ4v) is 5.78. The van der Waals surface area contributed by atoms with Crippen LogP contribution in [0, 0.1) is 0 Å². The van der Waals surface area contributed by atoms with E-state index >= 15 is 0 Å². The molecule has 4 aromatic rings. The molecule has 0 fully saturated rings. The van der Waals surface area contributed by atoms with E-state index in [1.54, 1.807) is 0 Å². The van der Waals surface area contributed by atoms with Gasteiger partial charge in [0.2, 0.25) is 21.1 Å². The minimum Gasteiger partial charge on any atom is -0.324 e. The summed E-state index contributed by atoms with van der Waals surface area (Å²) in [5, 5.41) is 15.4. The van der Waals surface area contributed by atoms with Crippen LogP contribution in [0.4, 0.5) is 5.69 Å². The van der Waals surface area contributed by atoms with Gasteiger partial charge >= 0.3 is 0 Å². The molecule has 0 unspecified atom stereocenters. The van der Waals surface area contributed by atoms with Gasteiger partial charge in [0.15, 0.2) is 0 Å². The van der Waals surface area contributed by atoms with Crippen LogP contribution in [-0.4, -0.2) is 40.3 Å². The first-order chi connectivity index (χ1) is 18.4. The molecule has 3 aromatic carbocycles. The molecular formula is C26H26Cl2N6O3S2. The number of nitrogens with one attached hydrogen (secondary N) is 2. The third-order valence-corrected chi connectivity index (χ3v) is 8.58. The molecule has 1 aromatic heterocycles. The Morgan fingerprint density at radius 2 is 1.74 bits per heavy atom. The molecule has 0 spiro atoms. The second-order valence-electron chi connectivity index (χ2n) is 9.58. The Labute approximate surface area is 241 Å². The Morgan fingerprint density at radius 1 is 1.00 bits per heavy atom. The SMILES string of the molecule is CC(C)(C)c1ccc(-n2nnnc2SCC(=O)Nc2ccc(S(=O)(=O)NCc3ccccc3)cc2Cl)c(Cl)c1. The highest BCUT2D eigenvalue weighted by atomic mass is 35.5. The van der Waals surface area contributed by atoms with Crippen molar-refractivity contribution in [1.82, 2.24) is 24.9 Å². The van der Waals surface area contributed by atoms with E-state index in [1.165, 1.54) is 22.9 Å². The van der Waals surface area contributed by atoms with Crippen molar-refractivity contribution < 1.29 is 13.2 Å². The fraction of sp³-hybridized carbons (Fsp3) is 0.231. The molecule has 0 aliphatic carbocycles. The molecule has 39 heavy (non-hydrogen) atoms. The summed E-state index contributed by atoms with van der Waals surface area (Å²) in [5.41, 5.74) is 2.70. The van der Waals surface area contributed by atoms with Gasteiger partial charge in [0.25, 0.3) is 0 Å². The lowest BCUT2D eigenvalue weighted by Crippen LogP contribution is -2.23. The number of rotatable bonds is 9. The molecule has 2 N–H and O–H groups in total. The largest absolute Gasteiger partial charge is 0.324 e. The number of hydrogen-bond donors (Lipinski definition) is 2. The van der Waals surface area contributed by atoms with Crippen LogP contribution in [0.5, 0.6) is 0 Å². The van der Waals surface area contributed by atoms with Crippen molar-refractivity contribution in [3.63, 3.8) is 0 Å². The predicted molar refractivity (Wildman–Crippen MR) is 154 cm³/mol. The third-order valence-electron chi connectivity index (χ3n) is 5.65. The number of halogens is 2. The van der Waals surface area contributed by atoms with Crippen LogP contribution in [0.15, 0.2) is 76.8 Å². The van der Waals surface area contributed by atoms with E-state index in [4.69, 9.17) is 23.2 Å². The number of carbonyl (C=O) groups excluding carboxylic acids is 1. The van der Waals surface area contributed by atoms with E-state index in [0.717, 1.165) is 22.9 Å².